The summed E-state index contributed by atoms with van der Waals surface area (Å²) in [6.07, 6.45) is 4.09. The number of ether oxygens (including phenoxy) is 2. The molecule has 188 valence electrons. The zero-order valence-electron chi connectivity index (χ0n) is 21.5. The van der Waals surface area contributed by atoms with Gasteiger partial charge < -0.3 is 19.5 Å². The number of amides is 1. The van der Waals surface area contributed by atoms with E-state index in [9.17, 15) is 14.7 Å². The van der Waals surface area contributed by atoms with E-state index in [1.165, 1.54) is 6.92 Å². The summed E-state index contributed by atoms with van der Waals surface area (Å²) < 4.78 is 10.7. The predicted octanol–water partition coefficient (Wildman–Crippen LogP) is 4.28. The van der Waals surface area contributed by atoms with Crippen LogP contribution in [0.5, 0.6) is 0 Å². The van der Waals surface area contributed by atoms with Gasteiger partial charge in [-0.25, -0.2) is 0 Å². The van der Waals surface area contributed by atoms with Gasteiger partial charge in [-0.2, -0.15) is 0 Å². The lowest BCUT2D eigenvalue weighted by Gasteiger charge is -2.53. The third-order valence-corrected chi connectivity index (χ3v) is 8.08. The maximum Gasteiger partial charge on any atom is 0.303 e. The third kappa shape index (κ3) is 5.72. The van der Waals surface area contributed by atoms with Gasteiger partial charge in [-0.3, -0.25) is 9.59 Å². The van der Waals surface area contributed by atoms with Gasteiger partial charge in [0.25, 0.3) is 0 Å². The highest BCUT2D eigenvalue weighted by atomic mass is 16.5. The molecule has 0 radical (unpaired) electrons. The average Bonchev–Trinajstić information content (AvgIpc) is 2.77. The summed E-state index contributed by atoms with van der Waals surface area (Å²) in [5.41, 5.74) is 2.37. The number of aryl methyl sites for hydroxylation is 1. The van der Waals surface area contributed by atoms with E-state index in [1.807, 2.05) is 24.0 Å². The van der Waals surface area contributed by atoms with Crippen molar-refractivity contribution in [1.82, 2.24) is 4.90 Å². The first-order valence-electron chi connectivity index (χ1n) is 12.5. The molecule has 1 aromatic rings. The monoisotopic (exact) mass is 471 g/mol. The van der Waals surface area contributed by atoms with Gasteiger partial charge in [0.1, 0.15) is 12.7 Å². The average molecular weight is 472 g/mol. The van der Waals surface area contributed by atoms with Gasteiger partial charge in [0, 0.05) is 39.5 Å². The van der Waals surface area contributed by atoms with Crippen LogP contribution in [0.15, 0.2) is 35.9 Å². The van der Waals surface area contributed by atoms with Crippen molar-refractivity contribution in [1.29, 1.82) is 0 Å². The molecule has 3 rings (SSSR count). The van der Waals surface area contributed by atoms with Crippen LogP contribution >= 0.6 is 0 Å². The van der Waals surface area contributed by atoms with E-state index in [4.69, 9.17) is 9.47 Å². The minimum absolute atomic E-state index is 0.0256. The molecule has 0 aromatic heterocycles. The fraction of sp³-hybridized carbons (Fsp3) is 0.643. The van der Waals surface area contributed by atoms with Crippen molar-refractivity contribution >= 4 is 11.9 Å². The standard InChI is InChI=1S/C28H41NO5/c1-18-9-7-8-10-23(18)16-29(27(31)17-33-6)15-20(3)24-12-11-21(4)28(32)14-26(34-22(5)30)19(2)13-25(24)28/h7-10,13,20-21,24-26,32H,11-12,14-17H2,1-6H3/t20?,21-,24+,25-,26-,28-/m1/s1. The van der Waals surface area contributed by atoms with Crippen molar-refractivity contribution < 1.29 is 24.2 Å². The van der Waals surface area contributed by atoms with Gasteiger partial charge in [-0.1, -0.05) is 44.2 Å². The van der Waals surface area contributed by atoms with Crippen molar-refractivity contribution in [2.24, 2.45) is 23.7 Å². The lowest BCUT2D eigenvalue weighted by molar-refractivity contribution is -0.159. The van der Waals surface area contributed by atoms with E-state index in [2.05, 4.69) is 39.0 Å². The maximum atomic E-state index is 13.0. The van der Waals surface area contributed by atoms with Gasteiger partial charge >= 0.3 is 5.97 Å². The molecule has 0 heterocycles. The maximum absolute atomic E-state index is 13.0. The first kappa shape index (κ1) is 26.4. The van der Waals surface area contributed by atoms with Crippen LogP contribution in [0, 0.1) is 30.6 Å². The number of aliphatic hydroxyl groups is 1. The van der Waals surface area contributed by atoms with Crippen molar-refractivity contribution in [3.63, 3.8) is 0 Å². The second-order valence-electron chi connectivity index (χ2n) is 10.5. The number of fused-ring (bicyclic) bond motifs is 1. The quantitative estimate of drug-likeness (QED) is 0.452. The Hall–Kier alpha value is -2.18. The highest BCUT2D eigenvalue weighted by molar-refractivity contribution is 5.77. The summed E-state index contributed by atoms with van der Waals surface area (Å²) in [5.74, 6) is 0.142. The second-order valence-corrected chi connectivity index (χ2v) is 10.5. The van der Waals surface area contributed by atoms with Crippen LogP contribution in [0.25, 0.3) is 0 Å². The molecule has 1 N–H and O–H groups in total. The number of carbonyl (C=O) groups is 2. The van der Waals surface area contributed by atoms with Crippen molar-refractivity contribution in [3.05, 3.63) is 47.0 Å². The molecule has 1 saturated carbocycles. The van der Waals surface area contributed by atoms with E-state index in [0.717, 1.165) is 29.5 Å². The smallest absolute Gasteiger partial charge is 0.303 e. The summed E-state index contributed by atoms with van der Waals surface area (Å²) in [7, 11) is 1.55. The predicted molar refractivity (Wildman–Crippen MR) is 132 cm³/mol. The summed E-state index contributed by atoms with van der Waals surface area (Å²) in [6.45, 7) is 10.9. The zero-order valence-corrected chi connectivity index (χ0v) is 21.5. The number of nitrogens with zero attached hydrogens (tertiary/aromatic N) is 1. The minimum Gasteiger partial charge on any atom is -0.458 e. The molecule has 2 aliphatic rings. The number of hydrogen-bond donors (Lipinski definition) is 1. The number of hydrogen-bond acceptors (Lipinski definition) is 5. The normalized spacial score (nSPS) is 29.6. The summed E-state index contributed by atoms with van der Waals surface area (Å²) in [4.78, 5) is 26.5. The molecular formula is C28H41NO5. The fourth-order valence-electron chi connectivity index (χ4n) is 5.94. The fourth-order valence-corrected chi connectivity index (χ4v) is 5.94. The minimum atomic E-state index is -0.922. The SMILES string of the molecule is COCC(=O)N(Cc1ccccc1C)CC(C)[C@@H]1CC[C@@H](C)[C@]2(O)C[C@@H](OC(C)=O)C(C)=C[C@H]12. The van der Waals surface area contributed by atoms with Crippen molar-refractivity contribution in [3.8, 4) is 0 Å². The van der Waals surface area contributed by atoms with E-state index in [0.29, 0.717) is 19.5 Å². The molecule has 6 heteroatoms. The highest BCUT2D eigenvalue weighted by Gasteiger charge is 2.52. The van der Waals surface area contributed by atoms with Crippen LogP contribution in [0.1, 0.15) is 58.1 Å². The molecule has 6 atom stereocenters. The Bertz CT molecular complexity index is 912. The van der Waals surface area contributed by atoms with Gasteiger partial charge in [-0.05, 0) is 61.1 Å². The summed E-state index contributed by atoms with van der Waals surface area (Å²) >= 11 is 0. The molecular weight excluding hydrogens is 430 g/mol. The Morgan fingerprint density at radius 3 is 2.59 bits per heavy atom. The third-order valence-electron chi connectivity index (χ3n) is 8.08. The molecule has 0 aliphatic heterocycles. The number of rotatable bonds is 8. The molecule has 1 fully saturated rings. The van der Waals surface area contributed by atoms with Gasteiger partial charge in [0.05, 0.1) is 5.60 Å². The zero-order chi connectivity index (χ0) is 25.0. The van der Waals surface area contributed by atoms with E-state index >= 15 is 0 Å². The van der Waals surface area contributed by atoms with Crippen LogP contribution in [0.3, 0.4) is 0 Å². The largest absolute Gasteiger partial charge is 0.458 e. The van der Waals surface area contributed by atoms with Crippen molar-refractivity contribution in [2.75, 3.05) is 20.3 Å². The van der Waals surface area contributed by atoms with Crippen LogP contribution in [0.4, 0.5) is 0 Å². The number of methoxy groups -OCH3 is 1. The second kappa shape index (κ2) is 11.0. The molecule has 0 spiro atoms. The van der Waals surface area contributed by atoms with Crippen LogP contribution < -0.4 is 0 Å². The molecule has 0 saturated heterocycles. The first-order chi connectivity index (χ1) is 16.1. The lowest BCUT2D eigenvalue weighted by Crippen LogP contribution is -2.56. The molecule has 1 aromatic carbocycles. The number of benzene rings is 1. The molecule has 1 unspecified atom stereocenters. The Morgan fingerprint density at radius 2 is 1.94 bits per heavy atom. The van der Waals surface area contributed by atoms with Crippen LogP contribution in [0.2, 0.25) is 0 Å². The van der Waals surface area contributed by atoms with Crippen LogP contribution in [-0.2, 0) is 25.6 Å². The summed E-state index contributed by atoms with van der Waals surface area (Å²) in [6, 6.07) is 8.14. The van der Waals surface area contributed by atoms with E-state index in [-0.39, 0.29) is 48.3 Å². The first-order valence-corrected chi connectivity index (χ1v) is 12.5. The van der Waals surface area contributed by atoms with Crippen LogP contribution in [-0.4, -0.2) is 53.8 Å². The Labute approximate surface area is 204 Å². The van der Waals surface area contributed by atoms with E-state index < -0.39 is 5.60 Å². The number of carbonyl (C=O) groups excluding carboxylic acids is 2. The lowest BCUT2D eigenvalue weighted by atomic mass is 9.57. The molecule has 0 bridgehead atoms. The Balaban J connectivity index is 1.84. The molecule has 6 nitrogen and oxygen atoms in total. The Kier molecular flexibility index (Phi) is 8.58. The van der Waals surface area contributed by atoms with Gasteiger partial charge in [0.2, 0.25) is 5.91 Å². The van der Waals surface area contributed by atoms with E-state index in [1.54, 1.807) is 7.11 Å². The van der Waals surface area contributed by atoms with Gasteiger partial charge in [0.15, 0.2) is 0 Å². The van der Waals surface area contributed by atoms with Gasteiger partial charge in [-0.15, -0.1) is 0 Å². The Morgan fingerprint density at radius 1 is 1.24 bits per heavy atom. The number of esters is 1. The molecule has 2 aliphatic carbocycles. The summed E-state index contributed by atoms with van der Waals surface area (Å²) in [5, 5.41) is 11.8. The van der Waals surface area contributed by atoms with Crippen molar-refractivity contribution in [2.45, 2.75) is 72.1 Å². The molecule has 34 heavy (non-hydrogen) atoms. The molecule has 1 amide bonds. The topological polar surface area (TPSA) is 76.1 Å². The highest BCUT2D eigenvalue weighted by Crippen LogP contribution is 2.51.